The van der Waals surface area contributed by atoms with Crippen LogP contribution in [0.4, 0.5) is 13.2 Å². The Morgan fingerprint density at radius 1 is 1.15 bits per heavy atom. The van der Waals surface area contributed by atoms with Crippen LogP contribution in [0.5, 0.6) is 0 Å². The highest BCUT2D eigenvalue weighted by molar-refractivity contribution is 7.87. The van der Waals surface area contributed by atoms with Crippen LogP contribution < -0.4 is 10.6 Å². The molecule has 2 heterocycles. The minimum atomic E-state index is -3.67. The highest BCUT2D eigenvalue weighted by atomic mass is 32.2. The summed E-state index contributed by atoms with van der Waals surface area (Å²) in [5.41, 5.74) is 3.37. The van der Waals surface area contributed by atoms with Crippen LogP contribution in [0.3, 0.4) is 0 Å². The molecule has 0 fully saturated rings. The second-order valence-electron chi connectivity index (χ2n) is 6.54. The van der Waals surface area contributed by atoms with E-state index >= 15 is 0 Å². The number of amides is 1. The van der Waals surface area contributed by atoms with Gasteiger partial charge < -0.3 is 10.6 Å². The number of hydrogen-bond acceptors (Lipinski definition) is 5. The van der Waals surface area contributed by atoms with E-state index in [4.69, 9.17) is 0 Å². The number of nitrogens with zero attached hydrogens (tertiary/aromatic N) is 3. The van der Waals surface area contributed by atoms with E-state index in [2.05, 4.69) is 20.7 Å². The normalized spacial score (nSPS) is 11.6. The molecule has 7 nitrogen and oxygen atoms in total. The summed E-state index contributed by atoms with van der Waals surface area (Å²) in [6.07, 6.45) is 16.2. The Balaban J connectivity index is -0.000000773. The standard InChI is InChI=1S/C19H23N5O.C4H8OS.2C2H6.CHF3/c1-4-15(2)19(25)22-11-6-8-17(14-20-3)24-12-9-18(23-24)16-7-5-10-21-13-16;1-3-4-6(2)5;2*1-2;2-1(3)4/h4-10,12-14,20H,11H2,1-3H3,(H,22,25);3-4H,1-2H3;2*1-2H3;1H/b8-6-,15-4+,17-14+;4-3+;;;. The number of aromatic nitrogens is 3. The second kappa shape index (κ2) is 27.6. The van der Waals surface area contributed by atoms with E-state index in [0.717, 1.165) is 17.0 Å². The van der Waals surface area contributed by atoms with Gasteiger partial charge in [-0.3, -0.25) is 14.0 Å². The number of allylic oxidation sites excluding steroid dienone is 4. The van der Waals surface area contributed by atoms with Gasteiger partial charge in [-0.05, 0) is 50.5 Å². The fraction of sp³-hybridized carbons (Fsp3) is 0.393. The molecule has 0 aliphatic rings. The fourth-order valence-corrected chi connectivity index (χ4v) is 2.65. The first-order valence-corrected chi connectivity index (χ1v) is 14.1. The average molecular weight is 572 g/mol. The molecule has 0 aromatic carbocycles. The summed E-state index contributed by atoms with van der Waals surface area (Å²) in [6, 6.07) is 5.79. The molecular weight excluding hydrogens is 527 g/mol. The van der Waals surface area contributed by atoms with Crippen LogP contribution in [0.2, 0.25) is 0 Å². The third-order valence-electron chi connectivity index (χ3n) is 3.89. The highest BCUT2D eigenvalue weighted by Gasteiger charge is 2.04. The van der Waals surface area contributed by atoms with Gasteiger partial charge >= 0.3 is 6.68 Å². The predicted octanol–water partition coefficient (Wildman–Crippen LogP) is 6.73. The molecular formula is C28H44F3N5O2S. The zero-order valence-corrected chi connectivity index (χ0v) is 25.2. The molecule has 1 amide bonds. The molecule has 11 heteroatoms. The Labute approximate surface area is 234 Å². The van der Waals surface area contributed by atoms with Gasteiger partial charge in [0.15, 0.2) is 0 Å². The first-order valence-electron chi connectivity index (χ1n) is 12.4. The van der Waals surface area contributed by atoms with Crippen molar-refractivity contribution in [1.82, 2.24) is 25.4 Å². The van der Waals surface area contributed by atoms with Gasteiger partial charge in [0.1, 0.15) is 0 Å². The zero-order valence-electron chi connectivity index (χ0n) is 24.4. The Kier molecular flexibility index (Phi) is 28.3. The summed E-state index contributed by atoms with van der Waals surface area (Å²) in [4.78, 5) is 15.8. The van der Waals surface area contributed by atoms with Crippen LogP contribution in [-0.4, -0.2) is 51.4 Å². The SMILES string of the molecule is C/C=C(\C)C(=O)NC/C=C\C(=C/NC)n1ccc(-c2cccnc2)n1.C/C=C/S(C)=O.CC.CC.FC(F)F. The second-order valence-corrected chi connectivity index (χ2v) is 7.81. The lowest BCUT2D eigenvalue weighted by Crippen LogP contribution is -2.23. The van der Waals surface area contributed by atoms with E-state index in [-0.39, 0.29) is 5.91 Å². The van der Waals surface area contributed by atoms with Gasteiger partial charge in [0, 0.05) is 66.6 Å². The Bertz CT molecular complexity index is 1020. The molecule has 2 aromatic rings. The van der Waals surface area contributed by atoms with Crippen LogP contribution >= 0.6 is 0 Å². The third-order valence-corrected chi connectivity index (χ3v) is 4.55. The van der Waals surface area contributed by atoms with Crippen molar-refractivity contribution in [1.29, 1.82) is 0 Å². The summed E-state index contributed by atoms with van der Waals surface area (Å²) in [7, 11) is 1.08. The molecule has 0 aliphatic heterocycles. The number of rotatable bonds is 8. The summed E-state index contributed by atoms with van der Waals surface area (Å²) in [5, 5.41) is 12.1. The Hall–Kier alpha value is -3.47. The van der Waals surface area contributed by atoms with E-state index in [1.54, 1.807) is 47.8 Å². The van der Waals surface area contributed by atoms with Crippen molar-refractivity contribution in [2.24, 2.45) is 0 Å². The monoisotopic (exact) mass is 571 g/mol. The molecule has 220 valence electrons. The average Bonchev–Trinajstić information content (AvgIpc) is 3.43. The van der Waals surface area contributed by atoms with Crippen LogP contribution in [0, 0.1) is 0 Å². The number of hydrogen-bond donors (Lipinski definition) is 2. The van der Waals surface area contributed by atoms with E-state index < -0.39 is 17.5 Å². The molecule has 0 bridgehead atoms. The number of halogens is 3. The van der Waals surface area contributed by atoms with Crippen LogP contribution in [0.25, 0.3) is 17.0 Å². The lowest BCUT2D eigenvalue weighted by molar-refractivity contribution is -0.117. The minimum absolute atomic E-state index is 0.0655. The lowest BCUT2D eigenvalue weighted by Gasteiger charge is -2.04. The maximum Gasteiger partial charge on any atom is 0.379 e. The highest BCUT2D eigenvalue weighted by Crippen LogP contribution is 2.16. The van der Waals surface area contributed by atoms with Gasteiger partial charge in [-0.2, -0.15) is 18.3 Å². The van der Waals surface area contributed by atoms with Crippen molar-refractivity contribution in [2.75, 3.05) is 19.8 Å². The third kappa shape index (κ3) is 22.2. The fourth-order valence-electron chi connectivity index (χ4n) is 2.27. The van der Waals surface area contributed by atoms with Crippen molar-refractivity contribution in [2.45, 2.75) is 55.1 Å². The lowest BCUT2D eigenvalue weighted by atomic mass is 10.2. The molecule has 0 aliphatic carbocycles. The van der Waals surface area contributed by atoms with Gasteiger partial charge in [-0.25, -0.2) is 4.68 Å². The first-order chi connectivity index (χ1) is 18.7. The number of nitrogens with one attached hydrogen (secondary N) is 2. The van der Waals surface area contributed by atoms with Crippen molar-refractivity contribution < 1.29 is 22.2 Å². The summed E-state index contributed by atoms with van der Waals surface area (Å²) in [5.74, 6) is -0.0655. The minimum Gasteiger partial charge on any atom is -0.392 e. The molecule has 0 spiro atoms. The molecule has 1 atom stereocenters. The van der Waals surface area contributed by atoms with Gasteiger partial charge in [0.25, 0.3) is 0 Å². The number of carbonyl (C=O) groups is 1. The molecule has 0 saturated carbocycles. The number of alkyl halides is 3. The van der Waals surface area contributed by atoms with E-state index in [9.17, 15) is 22.2 Å². The summed E-state index contributed by atoms with van der Waals surface area (Å²) >= 11 is 0. The maximum atomic E-state index is 11.7. The van der Waals surface area contributed by atoms with Gasteiger partial charge in [-0.15, -0.1) is 0 Å². The molecule has 0 radical (unpaired) electrons. The van der Waals surface area contributed by atoms with Gasteiger partial charge in [0.2, 0.25) is 5.91 Å². The van der Waals surface area contributed by atoms with Crippen molar-refractivity contribution in [3.05, 3.63) is 78.3 Å². The maximum absolute atomic E-state index is 11.7. The Morgan fingerprint density at radius 3 is 2.21 bits per heavy atom. The molecule has 2 rings (SSSR count). The van der Waals surface area contributed by atoms with Crippen LogP contribution in [-0.2, 0) is 15.6 Å². The van der Waals surface area contributed by atoms with Crippen LogP contribution in [0.15, 0.2) is 78.3 Å². The van der Waals surface area contributed by atoms with E-state index in [1.165, 1.54) is 0 Å². The van der Waals surface area contributed by atoms with Crippen molar-refractivity contribution in [3.63, 3.8) is 0 Å². The quantitative estimate of drug-likeness (QED) is 0.271. The van der Waals surface area contributed by atoms with Gasteiger partial charge in [-0.1, -0.05) is 45.9 Å². The molecule has 2 aromatic heterocycles. The van der Waals surface area contributed by atoms with Gasteiger partial charge in [0.05, 0.1) is 11.4 Å². The number of carbonyl (C=O) groups excluding carboxylic acids is 1. The smallest absolute Gasteiger partial charge is 0.379 e. The summed E-state index contributed by atoms with van der Waals surface area (Å²) in [6.45, 7) is 10.3. The first kappa shape index (κ1) is 40.0. The van der Waals surface area contributed by atoms with E-state index in [0.29, 0.717) is 12.1 Å². The molecule has 0 saturated heterocycles. The number of pyridine rings is 1. The Morgan fingerprint density at radius 2 is 1.77 bits per heavy atom. The topological polar surface area (TPSA) is 88.9 Å². The predicted molar refractivity (Wildman–Crippen MR) is 159 cm³/mol. The van der Waals surface area contributed by atoms with E-state index in [1.807, 2.05) is 91.3 Å². The van der Waals surface area contributed by atoms with Crippen LogP contribution in [0.1, 0.15) is 48.5 Å². The molecule has 1 unspecified atom stereocenters. The molecule has 2 N–H and O–H groups in total. The zero-order chi connectivity index (χ0) is 30.6. The largest absolute Gasteiger partial charge is 0.392 e. The summed E-state index contributed by atoms with van der Waals surface area (Å²) < 4.78 is 40.8. The van der Waals surface area contributed by atoms with Crippen molar-refractivity contribution in [3.8, 4) is 11.3 Å². The molecule has 39 heavy (non-hydrogen) atoms. The van der Waals surface area contributed by atoms with Crippen molar-refractivity contribution >= 4 is 22.4 Å².